The highest BCUT2D eigenvalue weighted by atomic mass is 16.5. The zero-order valence-corrected chi connectivity index (χ0v) is 21.0. The van der Waals surface area contributed by atoms with Gasteiger partial charge in [-0.3, -0.25) is 19.6 Å². The molecule has 4 N–H and O–H groups in total. The van der Waals surface area contributed by atoms with Gasteiger partial charge in [-0.25, -0.2) is 4.98 Å². The quantitative estimate of drug-likeness (QED) is 0.429. The number of carbonyl (C=O) groups excluding carboxylic acids is 2. The second kappa shape index (κ2) is 13.8. The molecule has 0 aliphatic rings. The number of amides is 2. The Morgan fingerprint density at radius 2 is 1.85 bits per heavy atom. The standard InChI is InChI=1S/C20H24N6O4.2C2H6/c1-4-26-15(9-12(2)24-26)19(29)23-20-22-14-10-13(18(21)28)11-16(30-3)17(14)25(20)7-5-6-8-27;2*1-2/h5-6,9-11,27H,4,7-8H2,1-3H3,(H2,21,28)(H,22,23,29);2*1-2H3/b6-5+;;. The van der Waals surface area contributed by atoms with Crippen molar-refractivity contribution < 1.29 is 19.4 Å². The maximum absolute atomic E-state index is 12.9. The van der Waals surface area contributed by atoms with Gasteiger partial charge >= 0.3 is 0 Å². The molecule has 3 rings (SSSR count). The number of hydrogen-bond acceptors (Lipinski definition) is 6. The molecule has 0 aliphatic heterocycles. The summed E-state index contributed by atoms with van der Waals surface area (Å²) >= 11 is 0. The second-order valence-corrected chi connectivity index (χ2v) is 6.55. The number of imidazole rings is 1. The first-order valence-corrected chi connectivity index (χ1v) is 11.4. The highest BCUT2D eigenvalue weighted by molar-refractivity contribution is 6.04. The van der Waals surface area contributed by atoms with Crippen molar-refractivity contribution in [3.05, 3.63) is 47.3 Å². The number of rotatable bonds is 8. The van der Waals surface area contributed by atoms with E-state index in [9.17, 15) is 9.59 Å². The molecule has 0 bridgehead atoms. The number of aryl methyl sites for hydroxylation is 2. The summed E-state index contributed by atoms with van der Waals surface area (Å²) in [6.07, 6.45) is 3.32. The van der Waals surface area contributed by atoms with E-state index in [1.54, 1.807) is 33.5 Å². The summed E-state index contributed by atoms with van der Waals surface area (Å²) in [5.74, 6) is -0.327. The molecule has 0 atom stereocenters. The number of hydrogen-bond donors (Lipinski definition) is 3. The van der Waals surface area contributed by atoms with Crippen molar-refractivity contribution >= 4 is 28.8 Å². The van der Waals surface area contributed by atoms with E-state index >= 15 is 0 Å². The Balaban J connectivity index is 0.00000137. The number of nitrogens with zero attached hydrogens (tertiary/aromatic N) is 4. The largest absolute Gasteiger partial charge is 0.494 e. The number of aliphatic hydroxyl groups is 1. The molecule has 2 amide bonds. The van der Waals surface area contributed by atoms with Gasteiger partial charge in [-0.1, -0.05) is 39.8 Å². The maximum atomic E-state index is 12.9. The van der Waals surface area contributed by atoms with Crippen LogP contribution in [0.4, 0.5) is 5.95 Å². The Hall–Kier alpha value is -3.66. The van der Waals surface area contributed by atoms with Crippen LogP contribution in [0.1, 0.15) is 61.2 Å². The van der Waals surface area contributed by atoms with Crippen LogP contribution < -0.4 is 15.8 Å². The summed E-state index contributed by atoms with van der Waals surface area (Å²) in [7, 11) is 1.47. The van der Waals surface area contributed by atoms with Gasteiger partial charge in [0.15, 0.2) is 0 Å². The van der Waals surface area contributed by atoms with Crippen molar-refractivity contribution in [1.29, 1.82) is 0 Å². The van der Waals surface area contributed by atoms with Gasteiger partial charge in [0.25, 0.3) is 5.91 Å². The smallest absolute Gasteiger partial charge is 0.276 e. The van der Waals surface area contributed by atoms with E-state index in [2.05, 4.69) is 15.4 Å². The van der Waals surface area contributed by atoms with E-state index in [0.29, 0.717) is 35.6 Å². The average Bonchev–Trinajstić information content (AvgIpc) is 3.40. The number of methoxy groups -OCH3 is 1. The summed E-state index contributed by atoms with van der Waals surface area (Å²) in [6.45, 7) is 12.4. The van der Waals surface area contributed by atoms with Crippen LogP contribution in [-0.4, -0.2) is 50.0 Å². The molecule has 0 fully saturated rings. The summed E-state index contributed by atoms with van der Waals surface area (Å²) in [5, 5.41) is 16.2. The summed E-state index contributed by atoms with van der Waals surface area (Å²) < 4.78 is 8.77. The van der Waals surface area contributed by atoms with Crippen LogP contribution in [0.3, 0.4) is 0 Å². The first-order valence-electron chi connectivity index (χ1n) is 11.4. The van der Waals surface area contributed by atoms with Crippen molar-refractivity contribution in [1.82, 2.24) is 19.3 Å². The Kier molecular flexibility index (Phi) is 11.5. The Bertz CT molecular complexity index is 1130. The zero-order chi connectivity index (χ0) is 25.8. The molecule has 186 valence electrons. The van der Waals surface area contributed by atoms with Crippen LogP contribution in [0.15, 0.2) is 30.4 Å². The highest BCUT2D eigenvalue weighted by Crippen LogP contribution is 2.31. The first kappa shape index (κ1) is 28.4. The van der Waals surface area contributed by atoms with Crippen molar-refractivity contribution in [2.45, 2.75) is 54.6 Å². The molecule has 2 heterocycles. The molecule has 1 aromatic carbocycles. The number of carbonyl (C=O) groups is 2. The fourth-order valence-electron chi connectivity index (χ4n) is 3.19. The number of ether oxygens (including phenoxy) is 1. The Morgan fingerprint density at radius 3 is 2.41 bits per heavy atom. The molecule has 0 saturated carbocycles. The number of fused-ring (bicyclic) bond motifs is 1. The molecule has 0 radical (unpaired) electrons. The molecule has 10 nitrogen and oxygen atoms in total. The number of aromatic nitrogens is 4. The molecule has 0 saturated heterocycles. The van der Waals surface area contributed by atoms with Gasteiger partial charge in [0.1, 0.15) is 17.0 Å². The van der Waals surface area contributed by atoms with Crippen molar-refractivity contribution in [2.75, 3.05) is 19.0 Å². The van der Waals surface area contributed by atoms with E-state index in [1.165, 1.54) is 13.2 Å². The molecular weight excluding hydrogens is 436 g/mol. The van der Waals surface area contributed by atoms with Crippen LogP contribution in [0.25, 0.3) is 11.0 Å². The normalized spacial score (nSPS) is 10.4. The van der Waals surface area contributed by atoms with Gasteiger partial charge in [0.2, 0.25) is 11.9 Å². The third kappa shape index (κ3) is 6.44. The van der Waals surface area contributed by atoms with E-state index in [1.807, 2.05) is 41.5 Å². The molecule has 0 aliphatic carbocycles. The van der Waals surface area contributed by atoms with Gasteiger partial charge in [0.05, 0.1) is 24.9 Å². The van der Waals surface area contributed by atoms with Gasteiger partial charge in [-0.2, -0.15) is 5.10 Å². The van der Waals surface area contributed by atoms with Gasteiger partial charge in [-0.05, 0) is 32.0 Å². The number of allylic oxidation sites excluding steroid dienone is 1. The van der Waals surface area contributed by atoms with Crippen LogP contribution in [0, 0.1) is 6.92 Å². The number of nitrogens with two attached hydrogens (primary N) is 1. The van der Waals surface area contributed by atoms with Crippen LogP contribution in [-0.2, 0) is 13.1 Å². The third-order valence-electron chi connectivity index (χ3n) is 4.53. The van der Waals surface area contributed by atoms with E-state index < -0.39 is 5.91 Å². The number of primary amides is 1. The maximum Gasteiger partial charge on any atom is 0.276 e. The molecule has 0 unspecified atom stereocenters. The lowest BCUT2D eigenvalue weighted by molar-refractivity contribution is 0.0995. The molecule has 0 spiro atoms. The topological polar surface area (TPSA) is 137 Å². The average molecular weight is 473 g/mol. The zero-order valence-electron chi connectivity index (χ0n) is 21.0. The van der Waals surface area contributed by atoms with Gasteiger partial charge in [0, 0.05) is 18.7 Å². The van der Waals surface area contributed by atoms with Gasteiger partial charge < -0.3 is 20.1 Å². The lowest BCUT2D eigenvalue weighted by atomic mass is 10.1. The second-order valence-electron chi connectivity index (χ2n) is 6.55. The van der Waals surface area contributed by atoms with Crippen LogP contribution in [0.2, 0.25) is 0 Å². The number of anilines is 1. The third-order valence-corrected chi connectivity index (χ3v) is 4.53. The summed E-state index contributed by atoms with van der Waals surface area (Å²) in [6, 6.07) is 4.77. The molecular formula is C24H36N6O4. The van der Waals surface area contributed by atoms with E-state index in [0.717, 1.165) is 5.69 Å². The lowest BCUT2D eigenvalue weighted by Crippen LogP contribution is -2.20. The fourth-order valence-corrected chi connectivity index (χ4v) is 3.19. The van der Waals surface area contributed by atoms with E-state index in [4.69, 9.17) is 15.6 Å². The van der Waals surface area contributed by atoms with Gasteiger partial charge in [-0.15, -0.1) is 0 Å². The minimum absolute atomic E-state index is 0.119. The minimum Gasteiger partial charge on any atom is -0.494 e. The van der Waals surface area contributed by atoms with Crippen LogP contribution >= 0.6 is 0 Å². The molecule has 34 heavy (non-hydrogen) atoms. The summed E-state index contributed by atoms with van der Waals surface area (Å²) in [4.78, 5) is 29.1. The monoisotopic (exact) mass is 472 g/mol. The van der Waals surface area contributed by atoms with Crippen LogP contribution in [0.5, 0.6) is 5.75 Å². The molecule has 10 heteroatoms. The fraction of sp³-hybridized carbons (Fsp3) is 0.417. The molecule has 3 aromatic rings. The molecule has 2 aromatic heterocycles. The Labute approximate surface area is 200 Å². The SMILES string of the molecule is CC.CC.CCn1nc(C)cc1C(=O)Nc1nc2cc(C(N)=O)cc(OC)c2n1C/C=C/CO. The Morgan fingerprint density at radius 1 is 1.18 bits per heavy atom. The summed E-state index contributed by atoms with van der Waals surface area (Å²) in [5.41, 5.74) is 7.82. The number of benzene rings is 1. The number of aliphatic hydroxyl groups excluding tert-OH is 1. The lowest BCUT2D eigenvalue weighted by Gasteiger charge is -2.11. The van der Waals surface area contributed by atoms with Crippen molar-refractivity contribution in [3.8, 4) is 5.75 Å². The van der Waals surface area contributed by atoms with Crippen molar-refractivity contribution in [2.24, 2.45) is 5.73 Å². The minimum atomic E-state index is -0.613. The van der Waals surface area contributed by atoms with E-state index in [-0.39, 0.29) is 24.0 Å². The first-order chi connectivity index (χ1) is 16.4. The number of nitrogens with one attached hydrogen (secondary N) is 1. The highest BCUT2D eigenvalue weighted by Gasteiger charge is 2.21. The predicted octanol–water partition coefficient (Wildman–Crippen LogP) is 3.52. The van der Waals surface area contributed by atoms with Crippen molar-refractivity contribution in [3.63, 3.8) is 0 Å². The predicted molar refractivity (Wildman–Crippen MR) is 134 cm³/mol.